The van der Waals surface area contributed by atoms with Gasteiger partial charge in [0.2, 0.25) is 0 Å². The van der Waals surface area contributed by atoms with E-state index >= 15 is 0 Å². The molecule has 0 aromatic heterocycles. The number of aliphatic hydroxyl groups excluding tert-OH is 1. The Bertz CT molecular complexity index is 962. The van der Waals surface area contributed by atoms with E-state index in [1.54, 1.807) is 0 Å². The third-order valence-corrected chi connectivity index (χ3v) is 8.09. The zero-order chi connectivity index (χ0) is 21.0. The molecule has 0 aliphatic carbocycles. The first-order valence-electron chi connectivity index (χ1n) is 10.3. The highest BCUT2D eigenvalue weighted by atomic mass is 31.1. The van der Waals surface area contributed by atoms with Crippen LogP contribution in [0.3, 0.4) is 0 Å². The molecule has 2 N–H and O–H groups in total. The van der Waals surface area contributed by atoms with E-state index in [-0.39, 0.29) is 5.16 Å². The minimum Gasteiger partial charge on any atom is -0.507 e. The molecule has 0 aliphatic heterocycles. The van der Waals surface area contributed by atoms with Crippen molar-refractivity contribution in [1.29, 1.82) is 0 Å². The van der Waals surface area contributed by atoms with Crippen LogP contribution in [0.15, 0.2) is 66.7 Å². The van der Waals surface area contributed by atoms with Gasteiger partial charge in [0.15, 0.2) is 0 Å². The van der Waals surface area contributed by atoms with Crippen LogP contribution in [0.4, 0.5) is 0 Å². The molecule has 152 valence electrons. The summed E-state index contributed by atoms with van der Waals surface area (Å²) in [5.74, 6) is 0.410. The second kappa shape index (κ2) is 9.11. The molecule has 3 aromatic rings. The Morgan fingerprint density at radius 3 is 2.17 bits per heavy atom. The summed E-state index contributed by atoms with van der Waals surface area (Å²) in [6.45, 7) is 8.45. The van der Waals surface area contributed by atoms with Crippen molar-refractivity contribution in [2.24, 2.45) is 0 Å². The second-order valence-electron chi connectivity index (χ2n) is 7.79. The molecule has 0 radical (unpaired) electrons. The van der Waals surface area contributed by atoms with Crippen molar-refractivity contribution in [3.63, 3.8) is 0 Å². The molecule has 3 heteroatoms. The Morgan fingerprint density at radius 1 is 0.897 bits per heavy atom. The molecule has 0 aliphatic rings. The fourth-order valence-electron chi connectivity index (χ4n) is 4.12. The number of phenolic OH excluding ortho intramolecular Hbond substituents is 1. The van der Waals surface area contributed by atoms with Gasteiger partial charge in [0.05, 0.1) is 0 Å². The van der Waals surface area contributed by atoms with Gasteiger partial charge in [0, 0.05) is 10.7 Å². The number of benzene rings is 3. The predicted molar refractivity (Wildman–Crippen MR) is 125 cm³/mol. The van der Waals surface area contributed by atoms with Crippen LogP contribution in [0.2, 0.25) is 0 Å². The highest BCUT2D eigenvalue weighted by molar-refractivity contribution is 7.48. The van der Waals surface area contributed by atoms with E-state index in [4.69, 9.17) is 0 Å². The Labute approximate surface area is 176 Å². The molecule has 0 saturated carbocycles. The number of rotatable bonds is 7. The Balaban J connectivity index is 2.08. The van der Waals surface area contributed by atoms with Crippen molar-refractivity contribution in [1.82, 2.24) is 0 Å². The standard InChI is InChI=1S/C26H31O2P/c1-5-26(6-2,22-17-18(3)16-19(4)24(22)27)29-23-15-11-10-14-21(23)25(28)20-12-8-7-9-13-20/h7-17,25,27-29H,5-6H2,1-4H3. The van der Waals surface area contributed by atoms with Gasteiger partial charge in [-0.15, -0.1) is 0 Å². The zero-order valence-corrected chi connectivity index (χ0v) is 18.7. The van der Waals surface area contributed by atoms with Crippen molar-refractivity contribution in [3.8, 4) is 5.75 Å². The van der Waals surface area contributed by atoms with E-state index in [0.29, 0.717) is 14.3 Å². The number of aryl methyl sites for hydroxylation is 2. The van der Waals surface area contributed by atoms with Crippen LogP contribution in [-0.2, 0) is 5.16 Å². The first kappa shape index (κ1) is 21.6. The summed E-state index contributed by atoms with van der Waals surface area (Å²) < 4.78 is 0. The average Bonchev–Trinajstić information content (AvgIpc) is 2.75. The number of phenols is 1. The van der Waals surface area contributed by atoms with Crippen molar-refractivity contribution >= 4 is 13.9 Å². The molecule has 0 fully saturated rings. The molecule has 3 aromatic carbocycles. The smallest absolute Gasteiger partial charge is 0.122 e. The fraction of sp³-hybridized carbons (Fsp3) is 0.308. The normalized spacial score (nSPS) is 13.1. The Kier molecular flexibility index (Phi) is 6.77. The lowest BCUT2D eigenvalue weighted by molar-refractivity contribution is 0.221. The maximum absolute atomic E-state index is 11.1. The van der Waals surface area contributed by atoms with E-state index in [1.165, 1.54) is 5.56 Å². The van der Waals surface area contributed by atoms with Crippen LogP contribution in [0, 0.1) is 13.8 Å². The quantitative estimate of drug-likeness (QED) is 0.465. The van der Waals surface area contributed by atoms with Gasteiger partial charge in [-0.3, -0.25) is 0 Å². The summed E-state index contributed by atoms with van der Waals surface area (Å²) in [6.07, 6.45) is 1.20. The number of aliphatic hydroxyl groups is 1. The number of hydrogen-bond donors (Lipinski definition) is 2. The van der Waals surface area contributed by atoms with Gasteiger partial charge in [0.25, 0.3) is 0 Å². The Hall–Kier alpha value is -2.15. The van der Waals surface area contributed by atoms with Gasteiger partial charge in [0.1, 0.15) is 11.9 Å². The fourth-order valence-corrected chi connectivity index (χ4v) is 5.86. The third-order valence-electron chi connectivity index (χ3n) is 5.91. The topological polar surface area (TPSA) is 40.5 Å². The molecular formula is C26H31O2P. The van der Waals surface area contributed by atoms with E-state index in [9.17, 15) is 10.2 Å². The number of hydrogen-bond acceptors (Lipinski definition) is 2. The van der Waals surface area contributed by atoms with Gasteiger partial charge in [-0.1, -0.05) is 94.7 Å². The van der Waals surface area contributed by atoms with Crippen LogP contribution in [0.1, 0.15) is 60.6 Å². The van der Waals surface area contributed by atoms with Crippen LogP contribution in [0.25, 0.3) is 0 Å². The molecule has 0 bridgehead atoms. The highest BCUT2D eigenvalue weighted by Gasteiger charge is 2.33. The molecule has 0 amide bonds. The van der Waals surface area contributed by atoms with Gasteiger partial charge in [-0.05, 0) is 48.7 Å². The zero-order valence-electron chi connectivity index (χ0n) is 17.7. The molecule has 0 spiro atoms. The first-order valence-corrected chi connectivity index (χ1v) is 11.3. The van der Waals surface area contributed by atoms with Crippen LogP contribution >= 0.6 is 8.58 Å². The average molecular weight is 407 g/mol. The number of aromatic hydroxyl groups is 1. The molecule has 29 heavy (non-hydrogen) atoms. The van der Waals surface area contributed by atoms with Gasteiger partial charge in [-0.2, -0.15) is 0 Å². The summed E-state index contributed by atoms with van der Waals surface area (Å²) in [5, 5.41) is 23.0. The van der Waals surface area contributed by atoms with Crippen LogP contribution < -0.4 is 5.30 Å². The largest absolute Gasteiger partial charge is 0.507 e. The molecule has 2 nitrogen and oxygen atoms in total. The van der Waals surface area contributed by atoms with Crippen molar-refractivity contribution in [2.75, 3.05) is 0 Å². The van der Waals surface area contributed by atoms with Gasteiger partial charge in [-0.25, -0.2) is 0 Å². The van der Waals surface area contributed by atoms with Crippen molar-refractivity contribution in [2.45, 2.75) is 51.8 Å². The van der Waals surface area contributed by atoms with Crippen molar-refractivity contribution in [3.05, 3.63) is 94.5 Å². The third kappa shape index (κ3) is 4.39. The van der Waals surface area contributed by atoms with E-state index in [2.05, 4.69) is 32.9 Å². The van der Waals surface area contributed by atoms with Crippen molar-refractivity contribution < 1.29 is 10.2 Å². The lowest BCUT2D eigenvalue weighted by atomic mass is 9.89. The van der Waals surface area contributed by atoms with E-state index < -0.39 is 6.10 Å². The predicted octanol–water partition coefficient (Wildman–Crippen LogP) is 6.11. The summed E-state index contributed by atoms with van der Waals surface area (Å²) >= 11 is 0. The SMILES string of the molecule is CCC(CC)(Pc1ccccc1C(O)c1ccccc1)c1cc(C)cc(C)c1O. The highest BCUT2D eigenvalue weighted by Crippen LogP contribution is 2.51. The molecular weight excluding hydrogens is 375 g/mol. The lowest BCUT2D eigenvalue weighted by Crippen LogP contribution is -2.24. The van der Waals surface area contributed by atoms with E-state index in [0.717, 1.165) is 40.4 Å². The molecule has 0 heterocycles. The minimum absolute atomic E-state index is 0.159. The van der Waals surface area contributed by atoms with Crippen LogP contribution in [-0.4, -0.2) is 10.2 Å². The summed E-state index contributed by atoms with van der Waals surface area (Å²) in [7, 11) is 0.449. The monoisotopic (exact) mass is 406 g/mol. The summed E-state index contributed by atoms with van der Waals surface area (Å²) in [5.41, 5.74) is 4.98. The summed E-state index contributed by atoms with van der Waals surface area (Å²) in [6, 6.07) is 22.2. The van der Waals surface area contributed by atoms with Gasteiger partial charge < -0.3 is 10.2 Å². The maximum Gasteiger partial charge on any atom is 0.122 e. The molecule has 2 atom stereocenters. The molecule has 0 saturated heterocycles. The molecule has 3 rings (SSSR count). The Morgan fingerprint density at radius 2 is 1.52 bits per heavy atom. The first-order chi connectivity index (χ1) is 13.9. The van der Waals surface area contributed by atoms with Gasteiger partial charge >= 0.3 is 0 Å². The lowest BCUT2D eigenvalue weighted by Gasteiger charge is -2.35. The van der Waals surface area contributed by atoms with E-state index in [1.807, 2.05) is 61.5 Å². The minimum atomic E-state index is -0.654. The summed E-state index contributed by atoms with van der Waals surface area (Å²) in [4.78, 5) is 0. The maximum atomic E-state index is 11.1. The second-order valence-corrected chi connectivity index (χ2v) is 9.54. The molecule has 2 unspecified atom stereocenters. The van der Waals surface area contributed by atoms with Crippen LogP contribution in [0.5, 0.6) is 5.75 Å².